The number of H-pyrrole nitrogens is 2. The van der Waals surface area contributed by atoms with Gasteiger partial charge in [0.15, 0.2) is 0 Å². The summed E-state index contributed by atoms with van der Waals surface area (Å²) in [4.78, 5) is 55.0. The quantitative estimate of drug-likeness (QED) is 0.180. The van der Waals surface area contributed by atoms with E-state index in [9.17, 15) is 29.4 Å². The molecule has 1 unspecified atom stereocenters. The van der Waals surface area contributed by atoms with Gasteiger partial charge in [0.25, 0.3) is 5.91 Å². The van der Waals surface area contributed by atoms with Gasteiger partial charge in [-0.05, 0) is 73.6 Å². The first-order valence-corrected chi connectivity index (χ1v) is 15.4. The summed E-state index contributed by atoms with van der Waals surface area (Å²) in [5.74, 6) is -2.23. The minimum atomic E-state index is -0.913. The van der Waals surface area contributed by atoms with Crippen molar-refractivity contribution >= 4 is 48.5 Å². The Morgan fingerprint density at radius 1 is 0.977 bits per heavy atom. The third kappa shape index (κ3) is 6.72. The molecule has 0 aliphatic carbocycles. The van der Waals surface area contributed by atoms with Crippen LogP contribution in [-0.2, 0) is 38.4 Å². The Morgan fingerprint density at radius 3 is 2.18 bits per heavy atom. The zero-order valence-corrected chi connectivity index (χ0v) is 26.7. The van der Waals surface area contributed by atoms with E-state index >= 15 is 0 Å². The van der Waals surface area contributed by atoms with Crippen LogP contribution in [-0.4, -0.2) is 61.3 Å². The molecule has 4 rings (SSSR count). The Morgan fingerprint density at radius 2 is 1.61 bits per heavy atom. The lowest BCUT2D eigenvalue weighted by Crippen LogP contribution is -2.32. The average Bonchev–Trinajstić information content (AvgIpc) is 3.59. The lowest BCUT2D eigenvalue weighted by molar-refractivity contribution is -0.138. The average molecular weight is 623 g/mol. The van der Waals surface area contributed by atoms with Gasteiger partial charge in [0.2, 0.25) is 5.91 Å². The van der Waals surface area contributed by atoms with Gasteiger partial charge >= 0.3 is 11.9 Å². The molecule has 0 saturated carbocycles. The van der Waals surface area contributed by atoms with E-state index in [1.54, 1.807) is 6.08 Å². The van der Waals surface area contributed by atoms with Crippen molar-refractivity contribution in [3.63, 3.8) is 0 Å². The summed E-state index contributed by atoms with van der Waals surface area (Å²) in [6.45, 7) is 13.4. The summed E-state index contributed by atoms with van der Waals surface area (Å²) in [5.41, 5.74) is 6.55. The van der Waals surface area contributed by atoms with Gasteiger partial charge in [0.1, 0.15) is 0 Å². The van der Waals surface area contributed by atoms with Crippen LogP contribution in [0.15, 0.2) is 23.8 Å². The molecule has 2 aliphatic heterocycles. The fraction of sp³-hybridized carbons (Fsp3) is 0.455. The number of thiol groups is 1. The van der Waals surface area contributed by atoms with Crippen molar-refractivity contribution in [2.45, 2.75) is 84.1 Å². The number of carbonyl (C=O) groups excluding carboxylic acids is 2. The number of hydrogen-bond donors (Lipinski definition) is 7. The van der Waals surface area contributed by atoms with Gasteiger partial charge in [0, 0.05) is 64.0 Å². The van der Waals surface area contributed by atoms with Crippen LogP contribution in [0.1, 0.15) is 67.3 Å². The number of aromatic nitrogens is 2. The van der Waals surface area contributed by atoms with E-state index in [1.807, 2.05) is 46.8 Å². The SMILES string of the molecule is C=CC1=C(C)[C@@H](Cc2[nH]c(/C=c3\[nH]/c(=C/C4NC(=O)[C@H](C)[C@H]4[C@@H](C)S)c(C)c3CCC(=O)O)c(CCC(=O)O)c2C)NC1=O. The molecule has 1 fully saturated rings. The Bertz CT molecular complexity index is 1660. The topological polar surface area (TPSA) is 164 Å². The third-order valence-corrected chi connectivity index (χ3v) is 9.51. The molecule has 10 nitrogen and oxygen atoms in total. The number of amides is 2. The largest absolute Gasteiger partial charge is 0.481 e. The smallest absolute Gasteiger partial charge is 0.303 e. The minimum absolute atomic E-state index is 0.0186. The summed E-state index contributed by atoms with van der Waals surface area (Å²) >= 11 is 4.64. The zero-order valence-electron chi connectivity index (χ0n) is 25.8. The molecule has 4 heterocycles. The van der Waals surface area contributed by atoms with Crippen LogP contribution in [0, 0.1) is 25.7 Å². The Balaban J connectivity index is 1.84. The molecule has 2 aromatic heterocycles. The highest BCUT2D eigenvalue weighted by Crippen LogP contribution is 2.30. The second-order valence-electron chi connectivity index (χ2n) is 11.9. The maximum absolute atomic E-state index is 12.5. The highest BCUT2D eigenvalue weighted by atomic mass is 32.1. The van der Waals surface area contributed by atoms with E-state index in [1.165, 1.54) is 0 Å². The first kappa shape index (κ1) is 32.9. The molecule has 0 bridgehead atoms. The van der Waals surface area contributed by atoms with Crippen LogP contribution in [0.4, 0.5) is 0 Å². The van der Waals surface area contributed by atoms with Gasteiger partial charge in [-0.2, -0.15) is 12.6 Å². The zero-order chi connectivity index (χ0) is 32.5. The number of carboxylic acid groups (broad SMARTS) is 2. The number of aliphatic carboxylic acids is 2. The standard InChI is InChI=1S/C33H42N4O6S/c1-7-20-15(2)25(36-33(20)43)12-23-16(3)21(8-10-29(38)39)26(34-23)14-27-22(9-11-30(40)41)17(4)24(35-27)13-28-31(19(6)44)18(5)32(42)37-28/h7,13-14,18-19,25,28,31,34-35,44H,1,8-12H2,2-6H3,(H,36,43)(H,37,42)(H,38,39)(H,40,41)/b24-13+,27-14-/t18-,19-,25-,28?,31+/m1/s1. The van der Waals surface area contributed by atoms with Crippen LogP contribution >= 0.6 is 12.6 Å². The van der Waals surface area contributed by atoms with Crippen LogP contribution in [0.25, 0.3) is 12.2 Å². The van der Waals surface area contributed by atoms with Gasteiger partial charge in [0.05, 0.1) is 12.1 Å². The molecule has 0 aromatic carbocycles. The number of carbonyl (C=O) groups is 4. The van der Waals surface area contributed by atoms with E-state index in [4.69, 9.17) is 0 Å². The van der Waals surface area contributed by atoms with Crippen molar-refractivity contribution in [1.29, 1.82) is 0 Å². The number of rotatable bonds is 12. The Kier molecular flexibility index (Phi) is 9.98. The lowest BCUT2D eigenvalue weighted by atomic mass is 9.88. The van der Waals surface area contributed by atoms with E-state index in [2.05, 4.69) is 39.8 Å². The van der Waals surface area contributed by atoms with Crippen molar-refractivity contribution in [3.8, 4) is 0 Å². The first-order chi connectivity index (χ1) is 20.7. The van der Waals surface area contributed by atoms with Crippen molar-refractivity contribution in [1.82, 2.24) is 20.6 Å². The van der Waals surface area contributed by atoms with Gasteiger partial charge in [-0.25, -0.2) is 0 Å². The maximum atomic E-state index is 12.5. The minimum Gasteiger partial charge on any atom is -0.481 e. The predicted molar refractivity (Wildman–Crippen MR) is 172 cm³/mol. The molecule has 6 N–H and O–H groups in total. The van der Waals surface area contributed by atoms with Gasteiger partial charge in [-0.1, -0.05) is 26.5 Å². The first-order valence-electron chi connectivity index (χ1n) is 14.9. The number of hydrogen-bond acceptors (Lipinski definition) is 5. The van der Waals surface area contributed by atoms with Crippen LogP contribution in [0.5, 0.6) is 0 Å². The molecular formula is C33H42N4O6S. The van der Waals surface area contributed by atoms with Gasteiger partial charge in [-0.3, -0.25) is 19.2 Å². The molecule has 236 valence electrons. The maximum Gasteiger partial charge on any atom is 0.303 e. The number of nitrogens with one attached hydrogen (secondary N) is 4. The number of carboxylic acids is 2. The highest BCUT2D eigenvalue weighted by Gasteiger charge is 2.40. The molecule has 0 spiro atoms. The molecule has 5 atom stereocenters. The van der Waals surface area contributed by atoms with Crippen molar-refractivity contribution in [2.75, 3.05) is 0 Å². The molecule has 1 saturated heterocycles. The van der Waals surface area contributed by atoms with Crippen molar-refractivity contribution in [2.24, 2.45) is 11.8 Å². The van der Waals surface area contributed by atoms with E-state index in [0.29, 0.717) is 23.8 Å². The van der Waals surface area contributed by atoms with E-state index in [0.717, 1.165) is 44.6 Å². The summed E-state index contributed by atoms with van der Waals surface area (Å²) in [5, 5.41) is 26.5. The second kappa shape index (κ2) is 13.3. The molecule has 2 aliphatic rings. The molecule has 0 radical (unpaired) electrons. The molecule has 2 amide bonds. The van der Waals surface area contributed by atoms with Crippen LogP contribution < -0.4 is 21.3 Å². The highest BCUT2D eigenvalue weighted by molar-refractivity contribution is 7.80. The second-order valence-corrected chi connectivity index (χ2v) is 12.8. The summed E-state index contributed by atoms with van der Waals surface area (Å²) in [6, 6.07) is -0.467. The summed E-state index contributed by atoms with van der Waals surface area (Å²) < 4.78 is 0. The van der Waals surface area contributed by atoms with Crippen LogP contribution in [0.2, 0.25) is 0 Å². The molecular weight excluding hydrogens is 580 g/mol. The molecule has 11 heteroatoms. The third-order valence-electron chi connectivity index (χ3n) is 9.16. The fourth-order valence-corrected chi connectivity index (χ4v) is 7.01. The Labute approximate surface area is 262 Å². The van der Waals surface area contributed by atoms with E-state index < -0.39 is 11.9 Å². The van der Waals surface area contributed by atoms with Crippen molar-refractivity contribution in [3.05, 3.63) is 68.1 Å². The fourth-order valence-electron chi connectivity index (χ4n) is 6.57. The molecule has 2 aromatic rings. The lowest BCUT2D eigenvalue weighted by Gasteiger charge is -2.21. The van der Waals surface area contributed by atoms with Gasteiger partial charge in [-0.15, -0.1) is 0 Å². The van der Waals surface area contributed by atoms with E-state index in [-0.39, 0.29) is 60.2 Å². The van der Waals surface area contributed by atoms with Crippen LogP contribution in [0.3, 0.4) is 0 Å². The molecule has 44 heavy (non-hydrogen) atoms. The van der Waals surface area contributed by atoms with Crippen molar-refractivity contribution < 1.29 is 29.4 Å². The number of aromatic amines is 2. The summed E-state index contributed by atoms with van der Waals surface area (Å²) in [7, 11) is 0. The predicted octanol–water partition coefficient (Wildman–Crippen LogP) is 2.22. The normalized spacial score (nSPS) is 23.3. The summed E-state index contributed by atoms with van der Waals surface area (Å²) in [6.07, 6.45) is 6.41. The Hall–Kier alpha value is -3.99. The monoisotopic (exact) mass is 622 g/mol. The van der Waals surface area contributed by atoms with Gasteiger partial charge < -0.3 is 30.8 Å².